The highest BCUT2D eigenvalue weighted by Crippen LogP contribution is 2.38. The molecule has 1 saturated heterocycles. The molecule has 0 spiro atoms. The molecule has 1 aliphatic heterocycles. The Balaban J connectivity index is 2.99. The lowest BCUT2D eigenvalue weighted by molar-refractivity contribution is 0.402. The van der Waals surface area contributed by atoms with Gasteiger partial charge in [0.15, 0.2) is 0 Å². The summed E-state index contributed by atoms with van der Waals surface area (Å²) >= 11 is 0.958. The number of nitriles is 2. The van der Waals surface area contributed by atoms with Crippen LogP contribution in [-0.4, -0.2) is 10.1 Å². The van der Waals surface area contributed by atoms with Crippen molar-refractivity contribution in [3.8, 4) is 12.1 Å². The fourth-order valence-corrected chi connectivity index (χ4v) is 2.75. The zero-order valence-corrected chi connectivity index (χ0v) is 9.27. The van der Waals surface area contributed by atoms with Crippen molar-refractivity contribution >= 4 is 21.8 Å². The molecule has 0 amide bonds. The van der Waals surface area contributed by atoms with Crippen molar-refractivity contribution in [2.24, 2.45) is 17.8 Å². The monoisotopic (exact) mass is 220 g/mol. The van der Waals surface area contributed by atoms with E-state index in [1.165, 1.54) is 0 Å². The van der Waals surface area contributed by atoms with Crippen molar-refractivity contribution < 1.29 is 0 Å². The molecule has 1 rings (SSSR count). The van der Waals surface area contributed by atoms with E-state index in [1.807, 2.05) is 6.92 Å². The van der Waals surface area contributed by atoms with Crippen molar-refractivity contribution in [1.82, 2.24) is 0 Å². The van der Waals surface area contributed by atoms with Crippen molar-refractivity contribution in [3.63, 3.8) is 0 Å². The number of rotatable bonds is 2. The van der Waals surface area contributed by atoms with Crippen LogP contribution in [0.15, 0.2) is 0 Å². The molecule has 0 aromatic carbocycles. The normalized spacial score (nSPS) is 30.7. The molecule has 15 heavy (non-hydrogen) atoms. The second-order valence-electron chi connectivity index (χ2n) is 3.50. The first kappa shape index (κ1) is 11.7. The summed E-state index contributed by atoms with van der Waals surface area (Å²) in [5, 5.41) is 33.7. The summed E-state index contributed by atoms with van der Waals surface area (Å²) in [7, 11) is 0. The summed E-state index contributed by atoms with van der Waals surface area (Å²) in [5.74, 6) is -1.19. The van der Waals surface area contributed by atoms with Gasteiger partial charge < -0.3 is 0 Å². The van der Waals surface area contributed by atoms with E-state index in [1.54, 1.807) is 0 Å². The van der Waals surface area contributed by atoms with E-state index >= 15 is 0 Å². The third kappa shape index (κ3) is 2.19. The lowest BCUT2D eigenvalue weighted by Gasteiger charge is -2.31. The van der Waals surface area contributed by atoms with Crippen LogP contribution in [0.25, 0.3) is 0 Å². The molecule has 0 aromatic rings. The van der Waals surface area contributed by atoms with E-state index in [-0.39, 0.29) is 16.0 Å². The van der Waals surface area contributed by atoms with E-state index in [4.69, 9.17) is 21.3 Å². The molecular weight excluding hydrogens is 208 g/mol. The predicted molar refractivity (Wildman–Crippen MR) is 59.6 cm³/mol. The van der Waals surface area contributed by atoms with E-state index in [0.717, 1.165) is 24.6 Å². The first-order chi connectivity index (χ1) is 7.15. The molecule has 0 saturated carbocycles. The SMILES string of the molecule is CCCC1C(C#N)C(=N)SC(=N)C1C#N. The minimum atomic E-state index is -0.506. The number of hydrogen-bond acceptors (Lipinski definition) is 5. The average Bonchev–Trinajstić information content (AvgIpc) is 2.18. The fraction of sp³-hybridized carbons (Fsp3) is 0.600. The second kappa shape index (κ2) is 4.95. The number of thioether (sulfide) groups is 1. The fourth-order valence-electron chi connectivity index (χ4n) is 1.80. The Morgan fingerprint density at radius 1 is 1.20 bits per heavy atom. The van der Waals surface area contributed by atoms with Crippen molar-refractivity contribution in [1.29, 1.82) is 21.3 Å². The van der Waals surface area contributed by atoms with Gasteiger partial charge in [0.2, 0.25) is 0 Å². The summed E-state index contributed by atoms with van der Waals surface area (Å²) < 4.78 is 0. The Morgan fingerprint density at radius 2 is 1.67 bits per heavy atom. The van der Waals surface area contributed by atoms with Crippen LogP contribution < -0.4 is 0 Å². The molecule has 1 heterocycles. The van der Waals surface area contributed by atoms with Gasteiger partial charge in [0.1, 0.15) is 0 Å². The van der Waals surface area contributed by atoms with Gasteiger partial charge in [0.05, 0.1) is 34.1 Å². The predicted octanol–water partition coefficient (Wildman–Crippen LogP) is 2.38. The lowest BCUT2D eigenvalue weighted by Crippen LogP contribution is -2.35. The number of nitrogens with zero attached hydrogens (tertiary/aromatic N) is 2. The van der Waals surface area contributed by atoms with Gasteiger partial charge in [-0.1, -0.05) is 25.1 Å². The van der Waals surface area contributed by atoms with Gasteiger partial charge in [0.25, 0.3) is 0 Å². The van der Waals surface area contributed by atoms with Gasteiger partial charge in [-0.3, -0.25) is 10.8 Å². The Hall–Kier alpha value is -1.33. The van der Waals surface area contributed by atoms with E-state index in [0.29, 0.717) is 0 Å². The van der Waals surface area contributed by atoms with E-state index in [9.17, 15) is 0 Å². The zero-order chi connectivity index (χ0) is 11.4. The molecule has 1 aliphatic rings. The molecule has 78 valence electrons. The van der Waals surface area contributed by atoms with Gasteiger partial charge in [-0.25, -0.2) is 0 Å². The molecular formula is C10H12N4S. The first-order valence-electron chi connectivity index (χ1n) is 4.79. The largest absolute Gasteiger partial charge is 0.297 e. The molecule has 0 aromatic heterocycles. The highest BCUT2D eigenvalue weighted by atomic mass is 32.2. The maximum Gasteiger partial charge on any atom is 0.0987 e. The molecule has 0 bridgehead atoms. The number of nitrogens with one attached hydrogen (secondary N) is 2. The van der Waals surface area contributed by atoms with Crippen LogP contribution in [0, 0.1) is 51.2 Å². The average molecular weight is 220 g/mol. The second-order valence-corrected chi connectivity index (χ2v) is 4.58. The summed E-state index contributed by atoms with van der Waals surface area (Å²) in [6, 6.07) is 4.16. The van der Waals surface area contributed by atoms with Crippen LogP contribution in [0.5, 0.6) is 0 Å². The summed E-state index contributed by atoms with van der Waals surface area (Å²) in [6.45, 7) is 1.98. The first-order valence-corrected chi connectivity index (χ1v) is 5.61. The van der Waals surface area contributed by atoms with Gasteiger partial charge in [-0.2, -0.15) is 10.5 Å². The standard InChI is InChI=1S/C10H12N4S/c1-2-3-6-7(4-11)9(13)15-10(14)8(6)5-12/h6-8,13-14H,2-3H2,1H3. The lowest BCUT2D eigenvalue weighted by atomic mass is 9.80. The molecule has 2 atom stereocenters. The maximum absolute atomic E-state index is 8.97. The summed E-state index contributed by atoms with van der Waals surface area (Å²) in [5.41, 5.74) is 0. The molecule has 4 nitrogen and oxygen atoms in total. The Labute approximate surface area is 93.3 Å². The van der Waals surface area contributed by atoms with Gasteiger partial charge in [-0.05, 0) is 6.42 Å². The third-order valence-corrected chi connectivity index (χ3v) is 3.49. The topological polar surface area (TPSA) is 95.3 Å². The van der Waals surface area contributed by atoms with Crippen LogP contribution in [0.1, 0.15) is 19.8 Å². The molecule has 5 heteroatoms. The van der Waals surface area contributed by atoms with Gasteiger partial charge in [0, 0.05) is 5.92 Å². The molecule has 0 radical (unpaired) electrons. The van der Waals surface area contributed by atoms with Crippen LogP contribution in [0.4, 0.5) is 0 Å². The van der Waals surface area contributed by atoms with Gasteiger partial charge in [-0.15, -0.1) is 0 Å². The minimum Gasteiger partial charge on any atom is -0.297 e. The van der Waals surface area contributed by atoms with Gasteiger partial charge >= 0.3 is 0 Å². The highest BCUT2D eigenvalue weighted by molar-refractivity contribution is 8.26. The van der Waals surface area contributed by atoms with E-state index < -0.39 is 11.8 Å². The van der Waals surface area contributed by atoms with Crippen molar-refractivity contribution in [3.05, 3.63) is 0 Å². The Morgan fingerprint density at radius 3 is 2.00 bits per heavy atom. The van der Waals surface area contributed by atoms with Crippen LogP contribution in [-0.2, 0) is 0 Å². The van der Waals surface area contributed by atoms with Crippen LogP contribution >= 0.6 is 11.8 Å². The molecule has 0 aliphatic carbocycles. The molecule has 2 unspecified atom stereocenters. The quantitative estimate of drug-likeness (QED) is 0.747. The number of hydrogen-bond donors (Lipinski definition) is 2. The molecule has 1 fully saturated rings. The smallest absolute Gasteiger partial charge is 0.0987 e. The Kier molecular flexibility index (Phi) is 3.88. The van der Waals surface area contributed by atoms with Crippen molar-refractivity contribution in [2.75, 3.05) is 0 Å². The molecule has 2 N–H and O–H groups in total. The van der Waals surface area contributed by atoms with E-state index in [2.05, 4.69) is 12.1 Å². The minimum absolute atomic E-state index is 0.175. The van der Waals surface area contributed by atoms with Crippen molar-refractivity contribution in [2.45, 2.75) is 19.8 Å². The van der Waals surface area contributed by atoms with Crippen LogP contribution in [0.3, 0.4) is 0 Å². The summed E-state index contributed by atoms with van der Waals surface area (Å²) in [4.78, 5) is 0. The highest BCUT2D eigenvalue weighted by Gasteiger charge is 2.40. The zero-order valence-electron chi connectivity index (χ0n) is 8.45. The summed E-state index contributed by atoms with van der Waals surface area (Å²) in [6.07, 6.45) is 1.59. The maximum atomic E-state index is 8.97. The van der Waals surface area contributed by atoms with Crippen LogP contribution in [0.2, 0.25) is 0 Å². The Bertz CT molecular complexity index is 331. The third-order valence-electron chi connectivity index (χ3n) is 2.54.